The molecule has 40 heavy (non-hydrogen) atoms. The second-order valence-corrected chi connectivity index (χ2v) is 10.7. The Morgan fingerprint density at radius 1 is 1.07 bits per heavy atom. The lowest BCUT2D eigenvalue weighted by atomic mass is 10.0. The van der Waals surface area contributed by atoms with Crippen LogP contribution in [0.25, 0.3) is 10.9 Å². The van der Waals surface area contributed by atoms with Gasteiger partial charge < -0.3 is 23.6 Å². The van der Waals surface area contributed by atoms with Crippen LogP contribution in [-0.2, 0) is 18.6 Å². The number of tetrazole rings is 1. The second kappa shape index (κ2) is 10.2. The highest BCUT2D eigenvalue weighted by Gasteiger charge is 2.34. The molecular formula is C29H30N6O5. The quantitative estimate of drug-likeness (QED) is 0.304. The summed E-state index contributed by atoms with van der Waals surface area (Å²) in [6.07, 6.45) is 1.64. The van der Waals surface area contributed by atoms with Gasteiger partial charge in [-0.3, -0.25) is 9.69 Å². The fourth-order valence-electron chi connectivity index (χ4n) is 4.96. The molecule has 4 heterocycles. The van der Waals surface area contributed by atoms with Gasteiger partial charge in [0.15, 0.2) is 17.3 Å². The summed E-state index contributed by atoms with van der Waals surface area (Å²) in [4.78, 5) is 19.0. The number of nitrogens with zero attached hydrogens (tertiary/aromatic N) is 5. The van der Waals surface area contributed by atoms with Crippen molar-refractivity contribution in [2.75, 3.05) is 13.9 Å². The molecule has 0 aliphatic carbocycles. The number of aromatic nitrogens is 5. The van der Waals surface area contributed by atoms with Crippen molar-refractivity contribution in [3.63, 3.8) is 0 Å². The fraction of sp³-hybridized carbons (Fsp3) is 0.310. The molecule has 0 amide bonds. The average molecular weight is 543 g/mol. The van der Waals surface area contributed by atoms with Crippen LogP contribution in [-0.4, -0.2) is 44.0 Å². The zero-order chi connectivity index (χ0) is 27.9. The number of aromatic amines is 1. The Hall–Kier alpha value is -4.64. The molecule has 1 atom stereocenters. The number of hydrogen-bond acceptors (Lipinski definition) is 9. The first-order valence-electron chi connectivity index (χ1n) is 12.9. The van der Waals surface area contributed by atoms with Crippen molar-refractivity contribution in [2.24, 2.45) is 0 Å². The Balaban J connectivity index is 1.53. The summed E-state index contributed by atoms with van der Waals surface area (Å²) in [5.41, 5.74) is 1.47. The second-order valence-electron chi connectivity index (χ2n) is 10.7. The van der Waals surface area contributed by atoms with Gasteiger partial charge >= 0.3 is 0 Å². The van der Waals surface area contributed by atoms with Gasteiger partial charge in [-0.05, 0) is 73.2 Å². The highest BCUT2D eigenvalue weighted by molar-refractivity contribution is 5.83. The third kappa shape index (κ3) is 4.91. The van der Waals surface area contributed by atoms with Gasteiger partial charge in [-0.1, -0.05) is 12.1 Å². The van der Waals surface area contributed by atoms with Gasteiger partial charge in [-0.15, -0.1) is 5.10 Å². The lowest BCUT2D eigenvalue weighted by Gasteiger charge is -2.32. The smallest absolute Gasteiger partial charge is 0.253 e. The summed E-state index contributed by atoms with van der Waals surface area (Å²) in [6, 6.07) is 16.5. The van der Waals surface area contributed by atoms with Crippen LogP contribution in [0, 0.1) is 0 Å². The number of H-pyrrole nitrogens is 1. The maximum absolute atomic E-state index is 13.8. The van der Waals surface area contributed by atoms with Gasteiger partial charge in [-0.25, -0.2) is 4.68 Å². The largest absolute Gasteiger partial charge is 0.497 e. The zero-order valence-corrected chi connectivity index (χ0v) is 22.7. The number of hydrogen-bond donors (Lipinski definition) is 1. The molecule has 0 saturated heterocycles. The van der Waals surface area contributed by atoms with Crippen LogP contribution in [0.5, 0.6) is 17.2 Å². The predicted molar refractivity (Wildman–Crippen MR) is 146 cm³/mol. The Morgan fingerprint density at radius 3 is 2.55 bits per heavy atom. The first-order chi connectivity index (χ1) is 19.3. The lowest BCUT2D eigenvalue weighted by molar-refractivity contribution is 0.171. The molecule has 206 valence electrons. The molecule has 0 radical (unpaired) electrons. The average Bonchev–Trinajstić information content (AvgIpc) is 3.70. The van der Waals surface area contributed by atoms with E-state index in [2.05, 4.69) is 25.4 Å². The van der Waals surface area contributed by atoms with Crippen molar-refractivity contribution in [1.29, 1.82) is 0 Å². The number of ether oxygens (including phenoxy) is 3. The molecule has 1 N–H and O–H groups in total. The van der Waals surface area contributed by atoms with Crippen LogP contribution < -0.4 is 19.8 Å². The van der Waals surface area contributed by atoms with Crippen molar-refractivity contribution in [3.05, 3.63) is 93.9 Å². The molecule has 1 aliphatic rings. The van der Waals surface area contributed by atoms with Gasteiger partial charge in [0.1, 0.15) is 17.6 Å². The van der Waals surface area contributed by atoms with Crippen LogP contribution in [0.2, 0.25) is 0 Å². The van der Waals surface area contributed by atoms with E-state index in [1.165, 1.54) is 0 Å². The summed E-state index contributed by atoms with van der Waals surface area (Å²) in [7, 11) is 1.64. The summed E-state index contributed by atoms with van der Waals surface area (Å²) < 4.78 is 24.0. The number of pyridine rings is 1. The molecule has 5 aromatic rings. The molecule has 6 rings (SSSR count). The van der Waals surface area contributed by atoms with Crippen LogP contribution in [0.4, 0.5) is 0 Å². The van der Waals surface area contributed by atoms with E-state index in [1.807, 2.05) is 69.3 Å². The van der Waals surface area contributed by atoms with Crippen molar-refractivity contribution in [2.45, 2.75) is 45.4 Å². The van der Waals surface area contributed by atoms with Crippen LogP contribution >= 0.6 is 0 Å². The Bertz CT molecular complexity index is 1690. The summed E-state index contributed by atoms with van der Waals surface area (Å²) >= 11 is 0. The number of rotatable bonds is 8. The van der Waals surface area contributed by atoms with Gasteiger partial charge in [0.25, 0.3) is 5.56 Å². The van der Waals surface area contributed by atoms with Gasteiger partial charge in [0.05, 0.1) is 31.0 Å². The standard InChI is InChI=1S/C29H30N6O5/c1-29(2,3)35-27(31-32-33-35)26(22-12-19-13-24-25(40-17-39-24)14-23(19)30-28(22)36)34(16-21-6-5-11-38-21)15-18-7-9-20(37-4)10-8-18/h5-14,26H,15-17H2,1-4H3,(H,30,36)/t26-/m1/s1. The van der Waals surface area contributed by atoms with Gasteiger partial charge in [0, 0.05) is 23.6 Å². The number of benzene rings is 2. The van der Waals surface area contributed by atoms with E-state index >= 15 is 0 Å². The molecule has 0 spiro atoms. The van der Waals surface area contributed by atoms with Crippen molar-refractivity contribution in [3.8, 4) is 17.2 Å². The van der Waals surface area contributed by atoms with Crippen LogP contribution in [0.3, 0.4) is 0 Å². The predicted octanol–water partition coefficient (Wildman–Crippen LogP) is 4.39. The fourth-order valence-corrected chi connectivity index (χ4v) is 4.96. The molecule has 11 nitrogen and oxygen atoms in total. The van der Waals surface area contributed by atoms with E-state index in [1.54, 1.807) is 24.1 Å². The molecule has 1 aliphatic heterocycles. The third-order valence-corrected chi connectivity index (χ3v) is 6.88. The molecule has 2 aromatic carbocycles. The van der Waals surface area contributed by atoms with E-state index in [9.17, 15) is 4.79 Å². The first kappa shape index (κ1) is 25.6. The van der Waals surface area contributed by atoms with E-state index in [4.69, 9.17) is 18.6 Å². The van der Waals surface area contributed by atoms with E-state index < -0.39 is 11.6 Å². The third-order valence-electron chi connectivity index (χ3n) is 6.88. The molecule has 0 saturated carbocycles. The molecular weight excluding hydrogens is 512 g/mol. The first-order valence-corrected chi connectivity index (χ1v) is 12.9. The number of furan rings is 1. The summed E-state index contributed by atoms with van der Waals surface area (Å²) in [6.45, 7) is 7.09. The van der Waals surface area contributed by atoms with Crippen molar-refractivity contribution < 1.29 is 18.6 Å². The number of methoxy groups -OCH3 is 1. The molecule has 0 unspecified atom stereocenters. The minimum absolute atomic E-state index is 0.143. The molecule has 0 fully saturated rings. The van der Waals surface area contributed by atoms with Crippen molar-refractivity contribution in [1.82, 2.24) is 30.1 Å². The van der Waals surface area contributed by atoms with E-state index in [0.29, 0.717) is 41.5 Å². The minimum Gasteiger partial charge on any atom is -0.497 e. The maximum atomic E-state index is 13.8. The normalized spacial score (nSPS) is 13.7. The van der Waals surface area contributed by atoms with Gasteiger partial charge in [0.2, 0.25) is 6.79 Å². The molecule has 11 heteroatoms. The monoisotopic (exact) mass is 542 g/mol. The van der Waals surface area contributed by atoms with Gasteiger partial charge in [-0.2, -0.15) is 0 Å². The topological polar surface area (TPSA) is 121 Å². The summed E-state index contributed by atoms with van der Waals surface area (Å²) in [5.74, 6) is 3.28. The minimum atomic E-state index is -0.625. The van der Waals surface area contributed by atoms with E-state index in [0.717, 1.165) is 22.5 Å². The maximum Gasteiger partial charge on any atom is 0.253 e. The Morgan fingerprint density at radius 2 is 1.85 bits per heavy atom. The SMILES string of the molecule is COc1ccc(CN(Cc2ccco2)[C@H](c2cc3cc4c(cc3[nH]c2=O)OCO4)c2nnnn2C(C)(C)C)cc1. The number of fused-ring (bicyclic) bond motifs is 2. The van der Waals surface area contributed by atoms with Crippen molar-refractivity contribution >= 4 is 10.9 Å². The zero-order valence-electron chi connectivity index (χ0n) is 22.7. The summed E-state index contributed by atoms with van der Waals surface area (Å²) in [5, 5.41) is 13.6. The lowest BCUT2D eigenvalue weighted by Crippen LogP contribution is -2.37. The highest BCUT2D eigenvalue weighted by atomic mass is 16.7. The van der Waals surface area contributed by atoms with Crippen LogP contribution in [0.15, 0.2) is 70.1 Å². The number of nitrogens with one attached hydrogen (secondary N) is 1. The Kier molecular flexibility index (Phi) is 6.51. The van der Waals surface area contributed by atoms with Crippen LogP contribution in [0.1, 0.15) is 49.5 Å². The highest BCUT2D eigenvalue weighted by Crippen LogP contribution is 2.37. The molecule has 0 bridgehead atoms. The molecule has 3 aromatic heterocycles. The van der Waals surface area contributed by atoms with E-state index in [-0.39, 0.29) is 12.4 Å². The Labute approximate surface area is 230 Å².